The molecule has 0 saturated carbocycles. The fraction of sp³-hybridized carbons (Fsp3) is 0.214. The van der Waals surface area contributed by atoms with E-state index in [2.05, 4.69) is 27.2 Å². The Morgan fingerprint density at radius 3 is 3.00 bits per heavy atom. The van der Waals surface area contributed by atoms with Gasteiger partial charge in [0.05, 0.1) is 21.7 Å². The van der Waals surface area contributed by atoms with E-state index >= 15 is 0 Å². The van der Waals surface area contributed by atoms with Crippen LogP contribution in [-0.4, -0.2) is 20.5 Å². The van der Waals surface area contributed by atoms with Crippen molar-refractivity contribution in [3.63, 3.8) is 0 Å². The molecule has 6 nitrogen and oxygen atoms in total. The lowest BCUT2D eigenvalue weighted by molar-refractivity contribution is 0.610. The van der Waals surface area contributed by atoms with Crippen LogP contribution in [0, 0.1) is 0 Å². The molecule has 1 aromatic carbocycles. The Labute approximate surface area is 125 Å². The Bertz CT molecular complexity index is 846. The molecule has 1 aliphatic rings. The molecular weight excluding hydrogens is 284 g/mol. The summed E-state index contributed by atoms with van der Waals surface area (Å²) in [5, 5.41) is 6.17. The number of imidazole rings is 1. The molecule has 2 aromatic heterocycles. The summed E-state index contributed by atoms with van der Waals surface area (Å²) < 4.78 is 2.04. The van der Waals surface area contributed by atoms with Gasteiger partial charge >= 0.3 is 0 Å². The largest absolute Gasteiger partial charge is 0.370 e. The van der Waals surface area contributed by atoms with E-state index < -0.39 is 0 Å². The average Bonchev–Trinajstić information content (AvgIpc) is 3.10. The van der Waals surface area contributed by atoms with E-state index in [9.17, 15) is 0 Å². The molecule has 7 heteroatoms. The monoisotopic (exact) mass is 298 g/mol. The van der Waals surface area contributed by atoms with E-state index in [-0.39, 0.29) is 6.17 Å². The second kappa shape index (κ2) is 4.56. The lowest BCUT2D eigenvalue weighted by Gasteiger charge is -2.22. The van der Waals surface area contributed by atoms with Gasteiger partial charge in [-0.05, 0) is 18.6 Å². The summed E-state index contributed by atoms with van der Waals surface area (Å²) in [6, 6.07) is 7.98. The van der Waals surface area contributed by atoms with E-state index in [1.165, 1.54) is 0 Å². The van der Waals surface area contributed by atoms with Crippen molar-refractivity contribution in [3.8, 4) is 0 Å². The van der Waals surface area contributed by atoms with E-state index in [0.29, 0.717) is 11.9 Å². The minimum atomic E-state index is -0.259. The highest BCUT2D eigenvalue weighted by Gasteiger charge is 2.26. The number of rotatable bonds is 2. The van der Waals surface area contributed by atoms with Crippen LogP contribution in [0.4, 0.5) is 5.95 Å². The summed E-state index contributed by atoms with van der Waals surface area (Å²) in [5.41, 5.74) is 8.75. The normalized spacial score (nSPS) is 17.4. The summed E-state index contributed by atoms with van der Waals surface area (Å²) in [5.74, 6) is 1.08. The predicted octanol–water partition coefficient (Wildman–Crippen LogP) is 2.34. The third-order valence-corrected chi connectivity index (χ3v) is 4.49. The lowest BCUT2D eigenvalue weighted by atomic mass is 10.3. The number of nitrogens with two attached hydrogens (primary N) is 1. The summed E-state index contributed by atoms with van der Waals surface area (Å²) in [7, 11) is 0. The number of aliphatic imine (C=N–C) groups is 1. The zero-order valence-corrected chi connectivity index (χ0v) is 12.3. The van der Waals surface area contributed by atoms with Crippen LogP contribution in [0.15, 0.2) is 34.6 Å². The molecule has 0 amide bonds. The van der Waals surface area contributed by atoms with Crippen molar-refractivity contribution in [1.29, 1.82) is 0 Å². The highest BCUT2D eigenvalue weighted by Crippen LogP contribution is 2.32. The number of hydrogen-bond donors (Lipinski definition) is 2. The second-order valence-electron chi connectivity index (χ2n) is 4.83. The Balaban J connectivity index is 1.93. The molecule has 21 heavy (non-hydrogen) atoms. The zero-order valence-electron chi connectivity index (χ0n) is 11.4. The van der Waals surface area contributed by atoms with Crippen LogP contribution in [0.2, 0.25) is 0 Å². The van der Waals surface area contributed by atoms with Gasteiger partial charge in [0.25, 0.3) is 0 Å². The van der Waals surface area contributed by atoms with Gasteiger partial charge < -0.3 is 5.73 Å². The van der Waals surface area contributed by atoms with Gasteiger partial charge in [0.1, 0.15) is 0 Å². The minimum Gasteiger partial charge on any atom is -0.370 e. The summed E-state index contributed by atoms with van der Waals surface area (Å²) in [6.07, 6.45) is 0.664. The van der Waals surface area contributed by atoms with Gasteiger partial charge in [-0.2, -0.15) is 0 Å². The summed E-state index contributed by atoms with van der Waals surface area (Å²) in [4.78, 5) is 13.7. The standard InChI is InChI=1S/C14H14N6S/c1-2-11-16-9(7-21-11)12-18-13(15)19-14-17-8-5-3-4-6-10(8)20(12)14/h3-7,12H,2H2,1H3,(H3,15,17,18,19)/t12-/m0/s1. The van der Waals surface area contributed by atoms with Crippen molar-refractivity contribution in [2.75, 3.05) is 5.32 Å². The first-order chi connectivity index (χ1) is 10.3. The van der Waals surface area contributed by atoms with Crippen LogP contribution in [0.3, 0.4) is 0 Å². The molecule has 4 rings (SSSR count). The summed E-state index contributed by atoms with van der Waals surface area (Å²) in [6.45, 7) is 2.10. The number of thiazole rings is 1. The highest BCUT2D eigenvalue weighted by molar-refractivity contribution is 7.09. The average molecular weight is 298 g/mol. The van der Waals surface area contributed by atoms with Crippen molar-refractivity contribution >= 4 is 34.3 Å². The maximum atomic E-state index is 5.90. The molecule has 3 heterocycles. The van der Waals surface area contributed by atoms with Gasteiger partial charge in [0.2, 0.25) is 5.95 Å². The van der Waals surface area contributed by atoms with Crippen LogP contribution in [-0.2, 0) is 6.42 Å². The van der Waals surface area contributed by atoms with Gasteiger partial charge in [0.15, 0.2) is 12.1 Å². The number of guanidine groups is 1. The Hall–Kier alpha value is -2.41. The molecule has 0 aliphatic carbocycles. The van der Waals surface area contributed by atoms with Crippen LogP contribution in [0.5, 0.6) is 0 Å². The highest BCUT2D eigenvalue weighted by atomic mass is 32.1. The van der Waals surface area contributed by atoms with Gasteiger partial charge in [-0.25, -0.2) is 15.0 Å². The zero-order chi connectivity index (χ0) is 14.4. The Morgan fingerprint density at radius 1 is 1.33 bits per heavy atom. The second-order valence-corrected chi connectivity index (χ2v) is 5.77. The van der Waals surface area contributed by atoms with Crippen molar-refractivity contribution in [3.05, 3.63) is 40.3 Å². The lowest BCUT2D eigenvalue weighted by Crippen LogP contribution is -2.31. The third kappa shape index (κ3) is 1.89. The van der Waals surface area contributed by atoms with E-state index in [1.54, 1.807) is 11.3 Å². The molecule has 0 fully saturated rings. The smallest absolute Gasteiger partial charge is 0.212 e. The maximum Gasteiger partial charge on any atom is 0.212 e. The fourth-order valence-corrected chi connectivity index (χ4v) is 3.28. The van der Waals surface area contributed by atoms with Crippen molar-refractivity contribution in [1.82, 2.24) is 14.5 Å². The fourth-order valence-electron chi connectivity index (χ4n) is 2.52. The molecule has 0 saturated heterocycles. The van der Waals surface area contributed by atoms with Crippen LogP contribution < -0.4 is 11.1 Å². The molecule has 1 atom stereocenters. The molecule has 106 valence electrons. The third-order valence-electron chi connectivity index (χ3n) is 3.48. The molecule has 0 radical (unpaired) electrons. The number of anilines is 1. The summed E-state index contributed by atoms with van der Waals surface area (Å²) >= 11 is 1.65. The van der Waals surface area contributed by atoms with Crippen molar-refractivity contribution in [2.24, 2.45) is 10.7 Å². The van der Waals surface area contributed by atoms with Crippen LogP contribution in [0.1, 0.15) is 23.8 Å². The molecule has 0 unspecified atom stereocenters. The number of nitrogens with zero attached hydrogens (tertiary/aromatic N) is 4. The van der Waals surface area contributed by atoms with E-state index in [1.807, 2.05) is 34.2 Å². The molecule has 3 aromatic rings. The quantitative estimate of drug-likeness (QED) is 0.761. The number of para-hydroxylation sites is 2. The number of aromatic nitrogens is 3. The van der Waals surface area contributed by atoms with Crippen LogP contribution >= 0.6 is 11.3 Å². The van der Waals surface area contributed by atoms with Gasteiger partial charge in [0, 0.05) is 5.38 Å². The number of hydrogen-bond acceptors (Lipinski definition) is 6. The molecule has 0 spiro atoms. The number of benzene rings is 1. The number of aryl methyl sites for hydroxylation is 1. The van der Waals surface area contributed by atoms with Crippen LogP contribution in [0.25, 0.3) is 11.0 Å². The minimum absolute atomic E-state index is 0.259. The first kappa shape index (κ1) is 12.3. The first-order valence-corrected chi connectivity index (χ1v) is 7.66. The van der Waals surface area contributed by atoms with Gasteiger partial charge in [-0.15, -0.1) is 11.3 Å². The molecule has 1 aliphatic heterocycles. The molecule has 0 bridgehead atoms. The Kier molecular flexibility index (Phi) is 2.68. The number of fused-ring (bicyclic) bond motifs is 3. The van der Waals surface area contributed by atoms with Crippen molar-refractivity contribution in [2.45, 2.75) is 19.5 Å². The first-order valence-electron chi connectivity index (χ1n) is 6.78. The van der Waals surface area contributed by atoms with E-state index in [0.717, 1.165) is 28.2 Å². The molecular formula is C14H14N6S. The topological polar surface area (TPSA) is 81.1 Å². The SMILES string of the molecule is CCc1nc([C@H]2N=C(N)Nc3nc4ccccc4n32)cs1. The predicted molar refractivity (Wildman–Crippen MR) is 84.6 cm³/mol. The Morgan fingerprint density at radius 2 is 2.19 bits per heavy atom. The number of nitrogens with one attached hydrogen (secondary N) is 1. The van der Waals surface area contributed by atoms with Crippen molar-refractivity contribution < 1.29 is 0 Å². The van der Waals surface area contributed by atoms with E-state index in [4.69, 9.17) is 5.73 Å². The van der Waals surface area contributed by atoms with Gasteiger partial charge in [-0.3, -0.25) is 9.88 Å². The molecule has 3 N–H and O–H groups in total. The maximum absolute atomic E-state index is 5.90. The van der Waals surface area contributed by atoms with Gasteiger partial charge in [-0.1, -0.05) is 19.1 Å².